The number of likely N-dealkylation sites (tertiary alicyclic amines) is 1. The SMILES string of the molecule is CC(=O)N1CCC[C@@H](CNC(=O)Cn2ccnn2)C1. The molecule has 104 valence electrons. The molecule has 2 heterocycles. The number of nitrogens with zero attached hydrogens (tertiary/aromatic N) is 4. The molecule has 1 saturated heterocycles. The molecule has 1 aliphatic heterocycles. The van der Waals surface area contributed by atoms with Crippen LogP contribution in [0.1, 0.15) is 19.8 Å². The lowest BCUT2D eigenvalue weighted by Gasteiger charge is -2.32. The van der Waals surface area contributed by atoms with Crippen LogP contribution in [0.5, 0.6) is 0 Å². The Hall–Kier alpha value is -1.92. The molecule has 1 aromatic heterocycles. The van der Waals surface area contributed by atoms with Crippen LogP contribution in [0, 0.1) is 5.92 Å². The van der Waals surface area contributed by atoms with Crippen molar-refractivity contribution in [1.29, 1.82) is 0 Å². The minimum atomic E-state index is -0.0783. The van der Waals surface area contributed by atoms with Gasteiger partial charge in [0.1, 0.15) is 6.54 Å². The molecule has 1 aromatic rings. The van der Waals surface area contributed by atoms with Crippen LogP contribution in [-0.2, 0) is 16.1 Å². The number of piperidine rings is 1. The molecule has 0 aromatic carbocycles. The summed E-state index contributed by atoms with van der Waals surface area (Å²) in [5.74, 6) is 0.376. The van der Waals surface area contributed by atoms with Gasteiger partial charge in [0.15, 0.2) is 0 Å². The monoisotopic (exact) mass is 265 g/mol. The molecule has 7 heteroatoms. The third-order valence-electron chi connectivity index (χ3n) is 3.33. The molecule has 0 radical (unpaired) electrons. The number of hydrogen-bond donors (Lipinski definition) is 1. The first-order valence-electron chi connectivity index (χ1n) is 6.51. The number of aromatic nitrogens is 3. The van der Waals surface area contributed by atoms with Crippen LogP contribution >= 0.6 is 0 Å². The Bertz CT molecular complexity index is 431. The Balaban J connectivity index is 1.72. The fraction of sp³-hybridized carbons (Fsp3) is 0.667. The molecule has 1 fully saturated rings. The van der Waals surface area contributed by atoms with E-state index in [1.807, 2.05) is 4.90 Å². The number of nitrogens with one attached hydrogen (secondary N) is 1. The minimum Gasteiger partial charge on any atom is -0.354 e. The van der Waals surface area contributed by atoms with Crippen LogP contribution in [0.2, 0.25) is 0 Å². The molecule has 0 spiro atoms. The third-order valence-corrected chi connectivity index (χ3v) is 3.33. The predicted octanol–water partition coefficient (Wildman–Crippen LogP) is -0.347. The first-order valence-corrected chi connectivity index (χ1v) is 6.51. The Labute approximate surface area is 112 Å². The fourth-order valence-corrected chi connectivity index (χ4v) is 2.30. The standard InChI is InChI=1S/C12H19N5O2/c1-10(18)16-5-2-3-11(8-16)7-13-12(19)9-17-6-4-14-15-17/h4,6,11H,2-3,5,7-9H2,1H3,(H,13,19)/t11-/m0/s1. The van der Waals surface area contributed by atoms with Gasteiger partial charge in [-0.05, 0) is 18.8 Å². The molecule has 19 heavy (non-hydrogen) atoms. The number of rotatable bonds is 4. The molecule has 0 saturated carbocycles. The van der Waals surface area contributed by atoms with Crippen molar-refractivity contribution in [3.05, 3.63) is 12.4 Å². The van der Waals surface area contributed by atoms with Gasteiger partial charge in [-0.25, -0.2) is 4.68 Å². The van der Waals surface area contributed by atoms with Crippen molar-refractivity contribution in [2.45, 2.75) is 26.3 Å². The Kier molecular flexibility index (Phi) is 4.48. The van der Waals surface area contributed by atoms with Crippen LogP contribution in [0.4, 0.5) is 0 Å². The average Bonchev–Trinajstić information content (AvgIpc) is 2.89. The van der Waals surface area contributed by atoms with E-state index in [9.17, 15) is 9.59 Å². The summed E-state index contributed by atoms with van der Waals surface area (Å²) in [7, 11) is 0. The van der Waals surface area contributed by atoms with Crippen molar-refractivity contribution in [2.75, 3.05) is 19.6 Å². The maximum atomic E-state index is 11.7. The molecule has 7 nitrogen and oxygen atoms in total. The van der Waals surface area contributed by atoms with Gasteiger partial charge in [0, 0.05) is 32.8 Å². The van der Waals surface area contributed by atoms with Crippen LogP contribution in [-0.4, -0.2) is 51.3 Å². The summed E-state index contributed by atoms with van der Waals surface area (Å²) in [6.07, 6.45) is 5.24. The number of amides is 2. The molecule has 2 rings (SSSR count). The van der Waals surface area contributed by atoms with Crippen molar-refractivity contribution in [3.63, 3.8) is 0 Å². The van der Waals surface area contributed by atoms with E-state index in [0.717, 1.165) is 25.9 Å². The summed E-state index contributed by atoms with van der Waals surface area (Å²) >= 11 is 0. The quantitative estimate of drug-likeness (QED) is 0.807. The predicted molar refractivity (Wildman–Crippen MR) is 68.0 cm³/mol. The van der Waals surface area contributed by atoms with E-state index in [1.54, 1.807) is 19.3 Å². The summed E-state index contributed by atoms with van der Waals surface area (Å²) in [5.41, 5.74) is 0. The second-order valence-electron chi connectivity index (χ2n) is 4.88. The molecule has 0 aliphatic carbocycles. The normalized spacial score (nSPS) is 19.2. The van der Waals surface area contributed by atoms with Gasteiger partial charge >= 0.3 is 0 Å². The smallest absolute Gasteiger partial charge is 0.241 e. The van der Waals surface area contributed by atoms with Crippen molar-refractivity contribution in [3.8, 4) is 0 Å². The van der Waals surface area contributed by atoms with Crippen molar-refractivity contribution >= 4 is 11.8 Å². The van der Waals surface area contributed by atoms with Gasteiger partial charge in [-0.2, -0.15) is 0 Å². The molecule has 0 bridgehead atoms. The van der Waals surface area contributed by atoms with Gasteiger partial charge < -0.3 is 10.2 Å². The zero-order chi connectivity index (χ0) is 13.7. The number of hydrogen-bond acceptors (Lipinski definition) is 4. The summed E-state index contributed by atoms with van der Waals surface area (Å²) in [5, 5.41) is 10.3. The van der Waals surface area contributed by atoms with E-state index < -0.39 is 0 Å². The molecule has 1 N–H and O–H groups in total. The fourth-order valence-electron chi connectivity index (χ4n) is 2.30. The van der Waals surface area contributed by atoms with Gasteiger partial charge in [-0.1, -0.05) is 5.21 Å². The molecular weight excluding hydrogens is 246 g/mol. The average molecular weight is 265 g/mol. The highest BCUT2D eigenvalue weighted by Gasteiger charge is 2.21. The van der Waals surface area contributed by atoms with Gasteiger partial charge in [0.2, 0.25) is 11.8 Å². The van der Waals surface area contributed by atoms with Gasteiger partial charge in [-0.3, -0.25) is 9.59 Å². The van der Waals surface area contributed by atoms with Crippen LogP contribution in [0.3, 0.4) is 0 Å². The minimum absolute atomic E-state index is 0.0783. The van der Waals surface area contributed by atoms with E-state index in [1.165, 1.54) is 4.68 Å². The zero-order valence-corrected chi connectivity index (χ0v) is 11.1. The van der Waals surface area contributed by atoms with Crippen LogP contribution in [0.25, 0.3) is 0 Å². The lowest BCUT2D eigenvalue weighted by Crippen LogP contribution is -2.43. The molecule has 1 atom stereocenters. The Morgan fingerprint density at radius 3 is 3.00 bits per heavy atom. The lowest BCUT2D eigenvalue weighted by atomic mass is 9.98. The topological polar surface area (TPSA) is 80.1 Å². The van der Waals surface area contributed by atoms with Crippen LogP contribution < -0.4 is 5.32 Å². The van der Waals surface area contributed by atoms with E-state index in [4.69, 9.17) is 0 Å². The first-order chi connectivity index (χ1) is 9.15. The second-order valence-corrected chi connectivity index (χ2v) is 4.88. The van der Waals surface area contributed by atoms with Crippen molar-refractivity contribution in [2.24, 2.45) is 5.92 Å². The molecule has 1 aliphatic rings. The molecular formula is C12H19N5O2. The highest BCUT2D eigenvalue weighted by Crippen LogP contribution is 2.15. The van der Waals surface area contributed by atoms with E-state index in [0.29, 0.717) is 12.5 Å². The number of carbonyl (C=O) groups is 2. The maximum absolute atomic E-state index is 11.7. The largest absolute Gasteiger partial charge is 0.354 e. The highest BCUT2D eigenvalue weighted by molar-refractivity contribution is 5.75. The third kappa shape index (κ3) is 4.04. The van der Waals surface area contributed by atoms with Crippen LogP contribution in [0.15, 0.2) is 12.4 Å². The summed E-state index contributed by atoms with van der Waals surface area (Å²) in [6, 6.07) is 0. The highest BCUT2D eigenvalue weighted by atomic mass is 16.2. The van der Waals surface area contributed by atoms with Gasteiger partial charge in [0.05, 0.1) is 6.20 Å². The van der Waals surface area contributed by atoms with E-state index >= 15 is 0 Å². The Morgan fingerprint density at radius 1 is 1.47 bits per heavy atom. The lowest BCUT2D eigenvalue weighted by molar-refractivity contribution is -0.130. The number of carbonyl (C=O) groups excluding carboxylic acids is 2. The Morgan fingerprint density at radius 2 is 2.32 bits per heavy atom. The van der Waals surface area contributed by atoms with E-state index in [-0.39, 0.29) is 18.4 Å². The molecule has 0 unspecified atom stereocenters. The summed E-state index contributed by atoms with van der Waals surface area (Å²) in [4.78, 5) is 24.8. The van der Waals surface area contributed by atoms with Crippen molar-refractivity contribution < 1.29 is 9.59 Å². The van der Waals surface area contributed by atoms with E-state index in [2.05, 4.69) is 15.6 Å². The maximum Gasteiger partial charge on any atom is 0.241 e. The van der Waals surface area contributed by atoms with Gasteiger partial charge in [-0.15, -0.1) is 5.10 Å². The summed E-state index contributed by atoms with van der Waals surface area (Å²) < 4.78 is 1.48. The zero-order valence-electron chi connectivity index (χ0n) is 11.1. The second kappa shape index (κ2) is 6.31. The van der Waals surface area contributed by atoms with Crippen molar-refractivity contribution in [1.82, 2.24) is 25.2 Å². The molecule has 2 amide bonds. The first kappa shape index (κ1) is 13.5. The van der Waals surface area contributed by atoms with Gasteiger partial charge in [0.25, 0.3) is 0 Å². The summed E-state index contributed by atoms with van der Waals surface area (Å²) in [6.45, 7) is 3.95.